The molecule has 0 aliphatic carbocycles. The van der Waals surface area contributed by atoms with Crippen LogP contribution in [0.5, 0.6) is 11.5 Å². The molecule has 0 aliphatic heterocycles. The average molecular weight is 255 g/mol. The molecule has 0 aliphatic rings. The van der Waals surface area contributed by atoms with Crippen LogP contribution in [0.2, 0.25) is 0 Å². The van der Waals surface area contributed by atoms with Crippen LogP contribution < -0.4 is 9.47 Å². The maximum atomic E-state index is 8.85. The van der Waals surface area contributed by atoms with E-state index in [0.717, 1.165) is 16.9 Å². The summed E-state index contributed by atoms with van der Waals surface area (Å²) in [6.07, 6.45) is 1.56. The molecule has 19 heavy (non-hydrogen) atoms. The van der Waals surface area contributed by atoms with Gasteiger partial charge in [0, 0.05) is 17.3 Å². The van der Waals surface area contributed by atoms with E-state index in [9.17, 15) is 0 Å². The second-order valence-electron chi connectivity index (χ2n) is 3.85. The maximum Gasteiger partial charge on any atom is 0.232 e. The molecule has 2 rings (SSSR count). The zero-order valence-electron chi connectivity index (χ0n) is 11.0. The minimum atomic E-state index is 0.132. The van der Waals surface area contributed by atoms with Crippen molar-refractivity contribution in [3.05, 3.63) is 35.8 Å². The standard InChI is InChI=1S/C14H13N3O2/c1-9-12(18-2)5-4-10(14(9)19-3)11-6-7-16-13(8-15)17-11/h4-7H,1-3H3. The monoisotopic (exact) mass is 255 g/mol. The summed E-state index contributed by atoms with van der Waals surface area (Å²) in [5.74, 6) is 1.56. The van der Waals surface area contributed by atoms with Gasteiger partial charge in [0.05, 0.1) is 19.9 Å². The summed E-state index contributed by atoms with van der Waals surface area (Å²) < 4.78 is 10.7. The van der Waals surface area contributed by atoms with Crippen LogP contribution in [0.4, 0.5) is 0 Å². The number of hydrogen-bond donors (Lipinski definition) is 0. The Morgan fingerprint density at radius 1 is 1.16 bits per heavy atom. The Morgan fingerprint density at radius 3 is 2.58 bits per heavy atom. The van der Waals surface area contributed by atoms with Crippen molar-refractivity contribution in [2.24, 2.45) is 0 Å². The highest BCUT2D eigenvalue weighted by molar-refractivity contribution is 5.71. The van der Waals surface area contributed by atoms with Crippen molar-refractivity contribution in [3.8, 4) is 28.8 Å². The van der Waals surface area contributed by atoms with Gasteiger partial charge in [-0.15, -0.1) is 0 Å². The van der Waals surface area contributed by atoms with Gasteiger partial charge in [-0.2, -0.15) is 5.26 Å². The van der Waals surface area contributed by atoms with Crippen LogP contribution in [0.1, 0.15) is 11.4 Å². The van der Waals surface area contributed by atoms with E-state index in [4.69, 9.17) is 14.7 Å². The molecule has 1 heterocycles. The highest BCUT2D eigenvalue weighted by atomic mass is 16.5. The number of nitriles is 1. The molecule has 0 atom stereocenters. The predicted octanol–water partition coefficient (Wildman–Crippen LogP) is 2.34. The van der Waals surface area contributed by atoms with Crippen LogP contribution in [0.3, 0.4) is 0 Å². The van der Waals surface area contributed by atoms with Crippen molar-refractivity contribution in [1.82, 2.24) is 9.97 Å². The molecule has 96 valence electrons. The van der Waals surface area contributed by atoms with Gasteiger partial charge in [0.2, 0.25) is 5.82 Å². The largest absolute Gasteiger partial charge is 0.496 e. The summed E-state index contributed by atoms with van der Waals surface area (Å²) in [5, 5.41) is 8.85. The lowest BCUT2D eigenvalue weighted by Gasteiger charge is -2.14. The van der Waals surface area contributed by atoms with Gasteiger partial charge < -0.3 is 9.47 Å². The van der Waals surface area contributed by atoms with E-state index in [1.165, 1.54) is 0 Å². The highest BCUT2D eigenvalue weighted by Crippen LogP contribution is 2.36. The molecule has 0 saturated heterocycles. The zero-order valence-corrected chi connectivity index (χ0v) is 11.0. The fraction of sp³-hybridized carbons (Fsp3) is 0.214. The highest BCUT2D eigenvalue weighted by Gasteiger charge is 2.14. The minimum Gasteiger partial charge on any atom is -0.496 e. The molecule has 0 N–H and O–H groups in total. The first-order chi connectivity index (χ1) is 9.21. The Hall–Kier alpha value is -2.61. The first kappa shape index (κ1) is 12.8. The number of aromatic nitrogens is 2. The summed E-state index contributed by atoms with van der Waals surface area (Å²) in [6.45, 7) is 1.91. The van der Waals surface area contributed by atoms with Crippen molar-refractivity contribution in [2.75, 3.05) is 14.2 Å². The number of nitrogens with zero attached hydrogens (tertiary/aromatic N) is 3. The first-order valence-electron chi connectivity index (χ1n) is 5.66. The molecule has 0 amide bonds. The third kappa shape index (κ3) is 2.33. The number of rotatable bonds is 3. The van der Waals surface area contributed by atoms with Crippen LogP contribution >= 0.6 is 0 Å². The lowest BCUT2D eigenvalue weighted by atomic mass is 10.1. The SMILES string of the molecule is COc1ccc(-c2ccnc(C#N)n2)c(OC)c1C. The van der Waals surface area contributed by atoms with Gasteiger partial charge in [-0.3, -0.25) is 0 Å². The van der Waals surface area contributed by atoms with Crippen LogP contribution in [0.15, 0.2) is 24.4 Å². The normalized spacial score (nSPS) is 9.79. The Morgan fingerprint density at radius 2 is 1.95 bits per heavy atom. The third-order valence-electron chi connectivity index (χ3n) is 2.81. The Labute approximate surface area is 111 Å². The van der Waals surface area contributed by atoms with Gasteiger partial charge >= 0.3 is 0 Å². The van der Waals surface area contributed by atoms with E-state index in [2.05, 4.69) is 9.97 Å². The van der Waals surface area contributed by atoms with Gasteiger partial charge in [-0.05, 0) is 25.1 Å². The van der Waals surface area contributed by atoms with E-state index in [0.29, 0.717) is 11.4 Å². The Kier molecular flexibility index (Phi) is 3.62. The summed E-state index contributed by atoms with van der Waals surface area (Å²) in [7, 11) is 3.21. The first-order valence-corrected chi connectivity index (χ1v) is 5.66. The fourth-order valence-corrected chi connectivity index (χ4v) is 1.92. The quantitative estimate of drug-likeness (QED) is 0.842. The van der Waals surface area contributed by atoms with E-state index < -0.39 is 0 Å². The molecule has 2 aromatic rings. The number of hydrogen-bond acceptors (Lipinski definition) is 5. The fourth-order valence-electron chi connectivity index (χ4n) is 1.92. The molecule has 1 aromatic carbocycles. The van der Waals surface area contributed by atoms with E-state index in [1.54, 1.807) is 26.5 Å². The summed E-state index contributed by atoms with van der Waals surface area (Å²) in [6, 6.07) is 7.37. The smallest absolute Gasteiger partial charge is 0.232 e. The summed E-state index contributed by atoms with van der Waals surface area (Å²) in [4.78, 5) is 8.03. The summed E-state index contributed by atoms with van der Waals surface area (Å²) >= 11 is 0. The van der Waals surface area contributed by atoms with Gasteiger partial charge in [-0.1, -0.05) is 0 Å². The molecular weight excluding hydrogens is 242 g/mol. The lowest BCUT2D eigenvalue weighted by Crippen LogP contribution is -1.97. The molecule has 0 spiro atoms. The average Bonchev–Trinajstić information content (AvgIpc) is 2.47. The molecule has 1 aromatic heterocycles. The molecule has 0 bridgehead atoms. The van der Waals surface area contributed by atoms with Crippen LogP contribution in [0.25, 0.3) is 11.3 Å². The molecule has 5 heteroatoms. The predicted molar refractivity (Wildman–Crippen MR) is 70.0 cm³/mol. The molecule has 0 unspecified atom stereocenters. The molecule has 0 radical (unpaired) electrons. The van der Waals surface area contributed by atoms with Crippen molar-refractivity contribution < 1.29 is 9.47 Å². The molecule has 5 nitrogen and oxygen atoms in total. The van der Waals surface area contributed by atoms with Crippen molar-refractivity contribution >= 4 is 0 Å². The van der Waals surface area contributed by atoms with Crippen molar-refractivity contribution in [2.45, 2.75) is 6.92 Å². The summed E-state index contributed by atoms with van der Waals surface area (Å²) in [5.41, 5.74) is 2.34. The minimum absolute atomic E-state index is 0.132. The Bertz CT molecular complexity index is 648. The number of ether oxygens (including phenoxy) is 2. The second-order valence-corrected chi connectivity index (χ2v) is 3.85. The maximum absolute atomic E-state index is 8.85. The van der Waals surface area contributed by atoms with Crippen molar-refractivity contribution in [3.63, 3.8) is 0 Å². The van der Waals surface area contributed by atoms with Crippen LogP contribution in [-0.2, 0) is 0 Å². The van der Waals surface area contributed by atoms with Gasteiger partial charge in [-0.25, -0.2) is 9.97 Å². The molecule has 0 fully saturated rings. The lowest BCUT2D eigenvalue weighted by molar-refractivity contribution is 0.390. The third-order valence-corrected chi connectivity index (χ3v) is 2.81. The van der Waals surface area contributed by atoms with E-state index >= 15 is 0 Å². The van der Waals surface area contributed by atoms with E-state index in [-0.39, 0.29) is 5.82 Å². The van der Waals surface area contributed by atoms with Gasteiger partial charge in [0.1, 0.15) is 17.6 Å². The second kappa shape index (κ2) is 5.36. The van der Waals surface area contributed by atoms with E-state index in [1.807, 2.05) is 25.1 Å². The number of benzene rings is 1. The zero-order chi connectivity index (χ0) is 13.8. The van der Waals surface area contributed by atoms with Crippen LogP contribution in [0, 0.1) is 18.3 Å². The van der Waals surface area contributed by atoms with Crippen molar-refractivity contribution in [1.29, 1.82) is 5.26 Å². The molecular formula is C14H13N3O2. The topological polar surface area (TPSA) is 68.0 Å². The molecule has 0 saturated carbocycles. The van der Waals surface area contributed by atoms with Gasteiger partial charge in [0.15, 0.2) is 0 Å². The number of methoxy groups -OCH3 is 2. The Balaban J connectivity index is 2.62. The van der Waals surface area contributed by atoms with Crippen LogP contribution in [-0.4, -0.2) is 24.2 Å². The van der Waals surface area contributed by atoms with Gasteiger partial charge in [0.25, 0.3) is 0 Å².